The van der Waals surface area contributed by atoms with Crippen LogP contribution in [0.5, 0.6) is 5.75 Å². The Hall–Kier alpha value is -1.35. The van der Waals surface area contributed by atoms with Crippen LogP contribution >= 0.6 is 0 Å². The molecule has 1 aromatic rings. The Balaban J connectivity index is 3.05. The van der Waals surface area contributed by atoms with Crippen LogP contribution in [-0.2, 0) is 17.6 Å². The zero-order chi connectivity index (χ0) is 13.8. The van der Waals surface area contributed by atoms with Gasteiger partial charge in [0.1, 0.15) is 11.5 Å². The van der Waals surface area contributed by atoms with Crippen molar-refractivity contribution >= 4 is 5.78 Å². The van der Waals surface area contributed by atoms with Crippen molar-refractivity contribution in [1.82, 2.24) is 0 Å². The molecule has 0 fully saturated rings. The highest BCUT2D eigenvalue weighted by atomic mass is 16.5. The average molecular weight is 250 g/mol. The van der Waals surface area contributed by atoms with Crippen LogP contribution in [0.4, 0.5) is 0 Å². The van der Waals surface area contributed by atoms with Crippen LogP contribution in [0.1, 0.15) is 31.9 Å². The Labute approximate surface area is 109 Å². The van der Waals surface area contributed by atoms with Crippen molar-refractivity contribution in [3.8, 4) is 5.75 Å². The summed E-state index contributed by atoms with van der Waals surface area (Å²) in [6.45, 7) is 5.81. The number of ketones is 1. The molecule has 1 aromatic carbocycles. The summed E-state index contributed by atoms with van der Waals surface area (Å²) in [6.07, 6.45) is 0.896. The predicted molar refractivity (Wildman–Crippen MR) is 71.9 cm³/mol. The topological polar surface area (TPSA) is 46.5 Å². The lowest BCUT2D eigenvalue weighted by Crippen LogP contribution is -2.22. The third-order valence-corrected chi connectivity index (χ3v) is 3.00. The van der Waals surface area contributed by atoms with Crippen molar-refractivity contribution in [1.29, 1.82) is 0 Å². The minimum absolute atomic E-state index is 0.0527. The van der Waals surface area contributed by atoms with Crippen molar-refractivity contribution in [2.24, 2.45) is 5.41 Å². The normalized spacial score (nSPS) is 11.4. The molecule has 0 atom stereocenters. The highest BCUT2D eigenvalue weighted by Gasteiger charge is 2.22. The van der Waals surface area contributed by atoms with E-state index in [1.807, 2.05) is 39.0 Å². The molecule has 0 unspecified atom stereocenters. The summed E-state index contributed by atoms with van der Waals surface area (Å²) < 4.78 is 5.28. The standard InChI is InChI=1S/C15H22O3/c1-15(2,3)14(17)10-11-6-5-7-13(18-4)12(11)8-9-16/h5-7,16H,8-10H2,1-4H3. The Kier molecular flexibility index (Phi) is 4.91. The fourth-order valence-corrected chi connectivity index (χ4v) is 1.80. The highest BCUT2D eigenvalue weighted by molar-refractivity contribution is 5.86. The van der Waals surface area contributed by atoms with Gasteiger partial charge in [-0.2, -0.15) is 0 Å². The van der Waals surface area contributed by atoms with Gasteiger partial charge in [-0.15, -0.1) is 0 Å². The van der Waals surface area contributed by atoms with E-state index in [0.29, 0.717) is 12.8 Å². The van der Waals surface area contributed by atoms with E-state index in [0.717, 1.165) is 16.9 Å². The van der Waals surface area contributed by atoms with Crippen LogP contribution in [0.3, 0.4) is 0 Å². The molecule has 0 saturated heterocycles. The van der Waals surface area contributed by atoms with E-state index >= 15 is 0 Å². The van der Waals surface area contributed by atoms with E-state index in [1.54, 1.807) is 7.11 Å². The van der Waals surface area contributed by atoms with Crippen LogP contribution in [0.2, 0.25) is 0 Å². The zero-order valence-electron chi connectivity index (χ0n) is 11.6. The number of Topliss-reactive ketones (excluding diaryl/α,β-unsaturated/α-hetero) is 1. The summed E-state index contributed by atoms with van der Waals surface area (Å²) in [7, 11) is 1.60. The maximum absolute atomic E-state index is 12.1. The second-order valence-electron chi connectivity index (χ2n) is 5.42. The molecule has 3 nitrogen and oxygen atoms in total. The number of hydrogen-bond donors (Lipinski definition) is 1. The second-order valence-corrected chi connectivity index (χ2v) is 5.42. The molecule has 0 aliphatic carbocycles. The van der Waals surface area contributed by atoms with Gasteiger partial charge in [-0.1, -0.05) is 32.9 Å². The molecule has 0 radical (unpaired) electrons. The number of aliphatic hydroxyl groups is 1. The SMILES string of the molecule is COc1cccc(CC(=O)C(C)(C)C)c1CCO. The van der Waals surface area contributed by atoms with Crippen molar-refractivity contribution in [2.45, 2.75) is 33.6 Å². The molecule has 3 heteroatoms. The third-order valence-electron chi connectivity index (χ3n) is 3.00. The lowest BCUT2D eigenvalue weighted by molar-refractivity contribution is -0.125. The molecular formula is C15H22O3. The predicted octanol–water partition coefficient (Wildman–Crippen LogP) is 2.39. The molecule has 1 N–H and O–H groups in total. The van der Waals surface area contributed by atoms with E-state index in [9.17, 15) is 4.79 Å². The molecule has 0 aliphatic rings. The number of ether oxygens (including phenoxy) is 1. The smallest absolute Gasteiger partial charge is 0.142 e. The van der Waals surface area contributed by atoms with Crippen LogP contribution in [0.25, 0.3) is 0 Å². The first kappa shape index (κ1) is 14.7. The van der Waals surface area contributed by atoms with Gasteiger partial charge in [-0.05, 0) is 18.1 Å². The largest absolute Gasteiger partial charge is 0.496 e. The summed E-state index contributed by atoms with van der Waals surface area (Å²) in [4.78, 5) is 12.1. The first-order chi connectivity index (χ1) is 8.40. The highest BCUT2D eigenvalue weighted by Crippen LogP contribution is 2.26. The van der Waals surface area contributed by atoms with Crippen LogP contribution in [0.15, 0.2) is 18.2 Å². The fraction of sp³-hybridized carbons (Fsp3) is 0.533. The summed E-state index contributed by atoms with van der Waals surface area (Å²) >= 11 is 0. The van der Waals surface area contributed by atoms with E-state index in [1.165, 1.54) is 0 Å². The summed E-state index contributed by atoms with van der Waals surface area (Å²) in [5, 5.41) is 9.12. The Bertz CT molecular complexity index is 416. The first-order valence-corrected chi connectivity index (χ1v) is 6.19. The number of benzene rings is 1. The number of carbonyl (C=O) groups is 1. The van der Waals surface area contributed by atoms with Gasteiger partial charge < -0.3 is 9.84 Å². The Morgan fingerprint density at radius 3 is 2.50 bits per heavy atom. The first-order valence-electron chi connectivity index (χ1n) is 6.19. The monoisotopic (exact) mass is 250 g/mol. The number of rotatable bonds is 5. The van der Waals surface area contributed by atoms with Gasteiger partial charge in [-0.25, -0.2) is 0 Å². The molecule has 0 saturated carbocycles. The molecule has 0 aromatic heterocycles. The molecule has 0 aliphatic heterocycles. The molecule has 1 rings (SSSR count). The van der Waals surface area contributed by atoms with E-state index < -0.39 is 0 Å². The molecule has 0 bridgehead atoms. The average Bonchev–Trinajstić information content (AvgIpc) is 2.30. The van der Waals surface area contributed by atoms with Crippen LogP contribution < -0.4 is 4.74 Å². The van der Waals surface area contributed by atoms with Crippen molar-refractivity contribution in [2.75, 3.05) is 13.7 Å². The summed E-state index contributed by atoms with van der Waals surface area (Å²) in [5.74, 6) is 0.929. The fourth-order valence-electron chi connectivity index (χ4n) is 1.80. The lowest BCUT2D eigenvalue weighted by Gasteiger charge is -2.19. The van der Waals surface area contributed by atoms with E-state index in [4.69, 9.17) is 9.84 Å². The van der Waals surface area contributed by atoms with E-state index in [-0.39, 0.29) is 17.8 Å². The molecule has 100 valence electrons. The van der Waals surface area contributed by atoms with Gasteiger partial charge in [0, 0.05) is 24.0 Å². The molecule has 0 amide bonds. The molecular weight excluding hydrogens is 228 g/mol. The maximum atomic E-state index is 12.1. The van der Waals surface area contributed by atoms with Gasteiger partial charge in [-0.3, -0.25) is 4.79 Å². The quantitative estimate of drug-likeness (QED) is 0.872. The molecule has 0 spiro atoms. The number of hydrogen-bond acceptors (Lipinski definition) is 3. The number of methoxy groups -OCH3 is 1. The van der Waals surface area contributed by atoms with E-state index in [2.05, 4.69) is 0 Å². The Morgan fingerprint density at radius 2 is 2.00 bits per heavy atom. The van der Waals surface area contributed by atoms with Gasteiger partial charge in [0.05, 0.1) is 7.11 Å². The van der Waals surface area contributed by atoms with Crippen molar-refractivity contribution in [3.63, 3.8) is 0 Å². The number of carbonyl (C=O) groups excluding carboxylic acids is 1. The summed E-state index contributed by atoms with van der Waals surface area (Å²) in [5.41, 5.74) is 1.53. The van der Waals surface area contributed by atoms with Crippen molar-refractivity contribution < 1.29 is 14.6 Å². The number of aliphatic hydroxyl groups excluding tert-OH is 1. The molecule has 18 heavy (non-hydrogen) atoms. The molecule has 0 heterocycles. The van der Waals surface area contributed by atoms with Gasteiger partial charge in [0.2, 0.25) is 0 Å². The van der Waals surface area contributed by atoms with Gasteiger partial charge >= 0.3 is 0 Å². The maximum Gasteiger partial charge on any atom is 0.142 e. The zero-order valence-corrected chi connectivity index (χ0v) is 11.6. The summed E-state index contributed by atoms with van der Waals surface area (Å²) in [6, 6.07) is 5.66. The van der Waals surface area contributed by atoms with Gasteiger partial charge in [0.25, 0.3) is 0 Å². The second kappa shape index (κ2) is 6.01. The van der Waals surface area contributed by atoms with Crippen LogP contribution in [0, 0.1) is 5.41 Å². The van der Waals surface area contributed by atoms with Crippen molar-refractivity contribution in [3.05, 3.63) is 29.3 Å². The Morgan fingerprint density at radius 1 is 1.33 bits per heavy atom. The third kappa shape index (κ3) is 3.57. The lowest BCUT2D eigenvalue weighted by atomic mass is 9.85. The van der Waals surface area contributed by atoms with Gasteiger partial charge in [0.15, 0.2) is 0 Å². The van der Waals surface area contributed by atoms with Crippen LogP contribution in [-0.4, -0.2) is 24.6 Å². The minimum atomic E-state index is -0.348. The minimum Gasteiger partial charge on any atom is -0.496 e.